The molecule has 0 aliphatic carbocycles. The van der Waals surface area contributed by atoms with Gasteiger partial charge in [0.2, 0.25) is 0 Å². The maximum Gasteiger partial charge on any atom is 0.402 e. The van der Waals surface area contributed by atoms with Crippen LogP contribution in [-0.4, -0.2) is 44.1 Å². The van der Waals surface area contributed by atoms with E-state index in [1.165, 1.54) is 0 Å². The first-order chi connectivity index (χ1) is 7.37. The molecule has 0 rings (SSSR count). The van der Waals surface area contributed by atoms with E-state index in [2.05, 4.69) is 4.72 Å². The first kappa shape index (κ1) is 16.6. The molecule has 0 aliphatic heterocycles. The molecule has 0 spiro atoms. The Balaban J connectivity index is 4.93. The summed E-state index contributed by atoms with van der Waals surface area (Å²) in [6, 6.07) is 0. The van der Waals surface area contributed by atoms with E-state index in [1.807, 2.05) is 0 Å². The van der Waals surface area contributed by atoms with Crippen LogP contribution in [-0.2, 0) is 10.2 Å². The zero-order valence-corrected chi connectivity index (χ0v) is 10.8. The average Bonchev–Trinajstić information content (AvgIpc) is 1.95. The molecule has 0 saturated carbocycles. The SMILES string of the molecule is CC(C)(C)NS(=O)(=O)N(CCN)CC(F)(F)F. The fourth-order valence-electron chi connectivity index (χ4n) is 1.08. The van der Waals surface area contributed by atoms with Gasteiger partial charge in [0.25, 0.3) is 10.2 Å². The van der Waals surface area contributed by atoms with Crippen LogP contribution in [0.2, 0.25) is 0 Å². The lowest BCUT2D eigenvalue weighted by molar-refractivity contribution is -0.136. The van der Waals surface area contributed by atoms with E-state index in [0.29, 0.717) is 0 Å². The summed E-state index contributed by atoms with van der Waals surface area (Å²) >= 11 is 0. The number of rotatable bonds is 5. The standard InChI is InChI=1S/C8H18F3N3O2S/c1-7(2,3)13-17(15,16)14(5-4-12)6-8(9,10)11/h13H,4-6,12H2,1-3H3. The van der Waals surface area contributed by atoms with E-state index in [4.69, 9.17) is 5.73 Å². The molecule has 9 heteroatoms. The van der Waals surface area contributed by atoms with Crippen LogP contribution >= 0.6 is 0 Å². The molecule has 0 aromatic rings. The monoisotopic (exact) mass is 277 g/mol. The smallest absolute Gasteiger partial charge is 0.329 e. The molecule has 0 aromatic heterocycles. The Morgan fingerprint density at radius 1 is 1.24 bits per heavy atom. The molecular formula is C8H18F3N3O2S. The van der Waals surface area contributed by atoms with Crippen molar-refractivity contribution >= 4 is 10.2 Å². The summed E-state index contributed by atoms with van der Waals surface area (Å²) in [4.78, 5) is 0. The number of nitrogens with two attached hydrogens (primary N) is 1. The molecule has 0 aliphatic rings. The van der Waals surface area contributed by atoms with Crippen LogP contribution in [0, 0.1) is 0 Å². The lowest BCUT2D eigenvalue weighted by Gasteiger charge is -2.28. The molecule has 3 N–H and O–H groups in total. The van der Waals surface area contributed by atoms with Crippen LogP contribution in [0.5, 0.6) is 0 Å². The fraction of sp³-hybridized carbons (Fsp3) is 1.00. The highest BCUT2D eigenvalue weighted by atomic mass is 32.2. The molecular weight excluding hydrogens is 259 g/mol. The third kappa shape index (κ3) is 7.53. The minimum atomic E-state index is -4.60. The summed E-state index contributed by atoms with van der Waals surface area (Å²) < 4.78 is 62.4. The number of nitrogens with zero attached hydrogens (tertiary/aromatic N) is 1. The second-order valence-electron chi connectivity index (χ2n) is 4.59. The zero-order valence-electron chi connectivity index (χ0n) is 10.0. The van der Waals surface area contributed by atoms with Crippen LogP contribution in [0.25, 0.3) is 0 Å². The van der Waals surface area contributed by atoms with Crippen molar-refractivity contribution < 1.29 is 21.6 Å². The maximum absolute atomic E-state index is 12.2. The van der Waals surface area contributed by atoms with Crippen molar-refractivity contribution in [3.63, 3.8) is 0 Å². The molecule has 5 nitrogen and oxygen atoms in total. The molecule has 0 saturated heterocycles. The van der Waals surface area contributed by atoms with Crippen LogP contribution in [0.4, 0.5) is 13.2 Å². The second-order valence-corrected chi connectivity index (χ2v) is 6.27. The van der Waals surface area contributed by atoms with Crippen molar-refractivity contribution in [2.24, 2.45) is 5.73 Å². The van der Waals surface area contributed by atoms with Crippen LogP contribution in [0.3, 0.4) is 0 Å². The summed E-state index contributed by atoms with van der Waals surface area (Å²) in [6.07, 6.45) is -4.60. The van der Waals surface area contributed by atoms with Gasteiger partial charge in [0.05, 0.1) is 0 Å². The Morgan fingerprint density at radius 3 is 2.00 bits per heavy atom. The minimum Gasteiger partial charge on any atom is -0.329 e. The topological polar surface area (TPSA) is 75.4 Å². The Bertz CT molecular complexity index is 335. The highest BCUT2D eigenvalue weighted by Gasteiger charge is 2.37. The first-order valence-corrected chi connectivity index (χ1v) is 6.37. The number of hydrogen-bond donors (Lipinski definition) is 2. The highest BCUT2D eigenvalue weighted by Crippen LogP contribution is 2.18. The highest BCUT2D eigenvalue weighted by molar-refractivity contribution is 7.87. The van der Waals surface area contributed by atoms with Crippen molar-refractivity contribution in [1.82, 2.24) is 9.03 Å². The second kappa shape index (κ2) is 5.51. The molecule has 104 valence electrons. The van der Waals surface area contributed by atoms with E-state index in [9.17, 15) is 21.6 Å². The van der Waals surface area contributed by atoms with Gasteiger partial charge in [0.15, 0.2) is 0 Å². The molecule has 17 heavy (non-hydrogen) atoms. The molecule has 0 bridgehead atoms. The fourth-order valence-corrected chi connectivity index (χ4v) is 2.64. The van der Waals surface area contributed by atoms with Crippen molar-refractivity contribution in [3.05, 3.63) is 0 Å². The van der Waals surface area contributed by atoms with E-state index in [1.54, 1.807) is 20.8 Å². The summed E-state index contributed by atoms with van der Waals surface area (Å²) in [6.45, 7) is 2.51. The van der Waals surface area contributed by atoms with Crippen molar-refractivity contribution in [2.75, 3.05) is 19.6 Å². The number of alkyl halides is 3. The molecule has 0 fully saturated rings. The van der Waals surface area contributed by atoms with Gasteiger partial charge in [-0.15, -0.1) is 0 Å². The lowest BCUT2D eigenvalue weighted by atomic mass is 10.1. The summed E-state index contributed by atoms with van der Waals surface area (Å²) in [5.41, 5.74) is 4.26. The van der Waals surface area contributed by atoms with Gasteiger partial charge in [0, 0.05) is 18.6 Å². The van der Waals surface area contributed by atoms with Gasteiger partial charge in [-0.3, -0.25) is 0 Å². The normalized spacial score (nSPS) is 14.4. The third-order valence-corrected chi connectivity index (χ3v) is 3.37. The molecule has 0 amide bonds. The number of hydrogen-bond acceptors (Lipinski definition) is 3. The van der Waals surface area contributed by atoms with Crippen LogP contribution < -0.4 is 10.5 Å². The summed E-state index contributed by atoms with van der Waals surface area (Å²) in [5.74, 6) is 0. The van der Waals surface area contributed by atoms with Gasteiger partial charge in [-0.2, -0.15) is 30.6 Å². The predicted molar refractivity (Wildman–Crippen MR) is 58.5 cm³/mol. The van der Waals surface area contributed by atoms with Crippen LogP contribution in [0.15, 0.2) is 0 Å². The van der Waals surface area contributed by atoms with E-state index in [-0.39, 0.29) is 17.4 Å². The molecule has 0 radical (unpaired) electrons. The van der Waals surface area contributed by atoms with Crippen molar-refractivity contribution in [2.45, 2.75) is 32.5 Å². The van der Waals surface area contributed by atoms with E-state index >= 15 is 0 Å². The van der Waals surface area contributed by atoms with Gasteiger partial charge >= 0.3 is 6.18 Å². The average molecular weight is 277 g/mol. The van der Waals surface area contributed by atoms with Gasteiger partial charge in [-0.25, -0.2) is 0 Å². The largest absolute Gasteiger partial charge is 0.402 e. The minimum absolute atomic E-state index is 0.179. The first-order valence-electron chi connectivity index (χ1n) is 4.93. The van der Waals surface area contributed by atoms with Crippen LogP contribution in [0.1, 0.15) is 20.8 Å². The van der Waals surface area contributed by atoms with Crippen molar-refractivity contribution in [1.29, 1.82) is 0 Å². The number of nitrogens with one attached hydrogen (secondary N) is 1. The van der Waals surface area contributed by atoms with Gasteiger partial charge < -0.3 is 5.73 Å². The van der Waals surface area contributed by atoms with Crippen molar-refractivity contribution in [3.8, 4) is 0 Å². The summed E-state index contributed by atoms with van der Waals surface area (Å²) in [7, 11) is -4.19. The quantitative estimate of drug-likeness (QED) is 0.766. The molecule has 0 heterocycles. The lowest BCUT2D eigenvalue weighted by Crippen LogP contribution is -2.52. The molecule has 0 unspecified atom stereocenters. The molecule has 0 atom stereocenters. The Morgan fingerprint density at radius 2 is 1.71 bits per heavy atom. The Labute approximate surface area is 99.3 Å². The third-order valence-electron chi connectivity index (χ3n) is 1.51. The van der Waals surface area contributed by atoms with E-state index < -0.39 is 28.5 Å². The van der Waals surface area contributed by atoms with E-state index in [0.717, 1.165) is 0 Å². The van der Waals surface area contributed by atoms with Gasteiger partial charge in [0.1, 0.15) is 6.54 Å². The predicted octanol–water partition coefficient (Wildman–Crippen LogP) is 0.442. The maximum atomic E-state index is 12.2. The Hall–Kier alpha value is -0.380. The molecule has 0 aromatic carbocycles. The zero-order chi connectivity index (χ0) is 13.9. The van der Waals surface area contributed by atoms with Gasteiger partial charge in [-0.1, -0.05) is 0 Å². The Kier molecular flexibility index (Phi) is 5.38. The summed E-state index contributed by atoms with van der Waals surface area (Å²) in [5, 5.41) is 0. The van der Waals surface area contributed by atoms with Gasteiger partial charge in [-0.05, 0) is 20.8 Å². The number of halogens is 3.